The summed E-state index contributed by atoms with van der Waals surface area (Å²) in [5.41, 5.74) is 1.37. The second kappa shape index (κ2) is 4.24. The maximum Gasteiger partial charge on any atom is 0.150 e. The largest absolute Gasteiger partial charge is 0.206 e. The van der Waals surface area contributed by atoms with Gasteiger partial charge in [-0.1, -0.05) is 17.4 Å². The number of nitrogens with zero attached hydrogens (tertiary/aromatic N) is 2. The Kier molecular flexibility index (Phi) is 2.98. The number of halogens is 2. The Morgan fingerprint density at radius 2 is 2.20 bits per heavy atom. The molecule has 0 saturated carbocycles. The molecule has 78 valence electrons. The number of hydrogen-bond donors (Lipinski definition) is 0. The van der Waals surface area contributed by atoms with Gasteiger partial charge in [-0.05, 0) is 24.6 Å². The van der Waals surface area contributed by atoms with Gasteiger partial charge in [-0.3, -0.25) is 0 Å². The highest BCUT2D eigenvalue weighted by atomic mass is 35.5. The van der Waals surface area contributed by atoms with Crippen LogP contribution < -0.4 is 0 Å². The number of hydrogen-bond acceptors (Lipinski definition) is 3. The predicted octanol–water partition coefficient (Wildman–Crippen LogP) is 3.39. The van der Waals surface area contributed by atoms with Crippen LogP contribution in [0.15, 0.2) is 18.2 Å². The predicted molar refractivity (Wildman–Crippen MR) is 59.6 cm³/mol. The zero-order chi connectivity index (χ0) is 10.8. The van der Waals surface area contributed by atoms with Crippen molar-refractivity contribution in [2.75, 3.05) is 0 Å². The Balaban J connectivity index is 2.44. The van der Waals surface area contributed by atoms with Crippen LogP contribution in [-0.2, 0) is 5.88 Å². The van der Waals surface area contributed by atoms with Gasteiger partial charge in [-0.2, -0.15) is 0 Å². The summed E-state index contributed by atoms with van der Waals surface area (Å²) in [5, 5.41) is 9.01. The summed E-state index contributed by atoms with van der Waals surface area (Å²) in [5.74, 6) is 0.0396. The lowest BCUT2D eigenvalue weighted by atomic mass is 10.1. The van der Waals surface area contributed by atoms with Gasteiger partial charge in [-0.25, -0.2) is 4.39 Å². The Morgan fingerprint density at radius 3 is 2.80 bits per heavy atom. The van der Waals surface area contributed by atoms with Gasteiger partial charge in [-0.15, -0.1) is 21.8 Å². The molecule has 2 nitrogen and oxygen atoms in total. The Hall–Kier alpha value is -1.00. The molecule has 2 aromatic rings. The van der Waals surface area contributed by atoms with Crippen LogP contribution in [0.4, 0.5) is 4.39 Å². The first-order valence-electron chi connectivity index (χ1n) is 4.35. The fourth-order valence-electron chi connectivity index (χ4n) is 1.21. The van der Waals surface area contributed by atoms with Crippen LogP contribution in [0, 0.1) is 12.7 Å². The standard InChI is InChI=1S/C10H8ClFN2S/c1-6-2-3-7(8(12)4-6)10-14-13-9(5-11)15-10/h2-4H,5H2,1H3. The normalized spacial score (nSPS) is 10.6. The molecule has 0 aliphatic carbocycles. The van der Waals surface area contributed by atoms with Crippen LogP contribution in [0.5, 0.6) is 0 Å². The van der Waals surface area contributed by atoms with Gasteiger partial charge in [0.05, 0.1) is 5.88 Å². The molecule has 2 rings (SSSR count). The lowest BCUT2D eigenvalue weighted by molar-refractivity contribution is 0.630. The first-order chi connectivity index (χ1) is 7.20. The highest BCUT2D eigenvalue weighted by molar-refractivity contribution is 7.14. The summed E-state index contributed by atoms with van der Waals surface area (Å²) in [6, 6.07) is 5.04. The summed E-state index contributed by atoms with van der Waals surface area (Å²) in [6.07, 6.45) is 0. The molecule has 0 N–H and O–H groups in total. The number of benzene rings is 1. The fourth-order valence-corrected chi connectivity index (χ4v) is 2.14. The van der Waals surface area contributed by atoms with Gasteiger partial charge in [0.2, 0.25) is 0 Å². The molecule has 1 heterocycles. The zero-order valence-corrected chi connectivity index (χ0v) is 9.57. The molecule has 0 aliphatic heterocycles. The molecule has 0 atom stereocenters. The van der Waals surface area contributed by atoms with Gasteiger partial charge >= 0.3 is 0 Å². The smallest absolute Gasteiger partial charge is 0.150 e. The molecular formula is C10H8ClFN2S. The first kappa shape index (κ1) is 10.5. The lowest BCUT2D eigenvalue weighted by Gasteiger charge is -1.98. The van der Waals surface area contributed by atoms with Crippen molar-refractivity contribution < 1.29 is 4.39 Å². The second-order valence-corrected chi connectivity index (χ2v) is 4.45. The molecule has 0 radical (unpaired) electrons. The van der Waals surface area contributed by atoms with E-state index in [1.54, 1.807) is 6.07 Å². The van der Waals surface area contributed by atoms with Gasteiger partial charge in [0, 0.05) is 5.56 Å². The summed E-state index contributed by atoms with van der Waals surface area (Å²) in [4.78, 5) is 0. The average Bonchev–Trinajstić information content (AvgIpc) is 2.66. The molecule has 5 heteroatoms. The summed E-state index contributed by atoms with van der Waals surface area (Å²) < 4.78 is 13.6. The molecule has 0 fully saturated rings. The van der Waals surface area contributed by atoms with E-state index in [4.69, 9.17) is 11.6 Å². The quantitative estimate of drug-likeness (QED) is 0.755. The van der Waals surface area contributed by atoms with Gasteiger partial charge in [0.25, 0.3) is 0 Å². The van der Waals surface area contributed by atoms with Crippen LogP contribution in [-0.4, -0.2) is 10.2 Å². The molecule has 15 heavy (non-hydrogen) atoms. The van der Waals surface area contributed by atoms with Crippen LogP contribution in [0.2, 0.25) is 0 Å². The Morgan fingerprint density at radius 1 is 1.40 bits per heavy atom. The molecular weight excluding hydrogens is 235 g/mol. The minimum absolute atomic E-state index is 0.271. The highest BCUT2D eigenvalue weighted by Crippen LogP contribution is 2.27. The van der Waals surface area contributed by atoms with E-state index in [-0.39, 0.29) is 5.82 Å². The van der Waals surface area contributed by atoms with Gasteiger partial charge in [0.1, 0.15) is 10.8 Å². The van der Waals surface area contributed by atoms with Crippen molar-refractivity contribution in [3.8, 4) is 10.6 Å². The van der Waals surface area contributed by atoms with Crippen molar-refractivity contribution in [2.45, 2.75) is 12.8 Å². The summed E-state index contributed by atoms with van der Waals surface area (Å²) in [7, 11) is 0. The van der Waals surface area contributed by atoms with Crippen molar-refractivity contribution in [3.05, 3.63) is 34.6 Å². The van der Waals surface area contributed by atoms with Gasteiger partial charge in [0.15, 0.2) is 5.01 Å². The van der Waals surface area contributed by atoms with Crippen LogP contribution in [0.1, 0.15) is 10.6 Å². The van der Waals surface area contributed by atoms with Crippen LogP contribution in [0.25, 0.3) is 10.6 Å². The monoisotopic (exact) mass is 242 g/mol. The SMILES string of the molecule is Cc1ccc(-c2nnc(CCl)s2)c(F)c1. The minimum Gasteiger partial charge on any atom is -0.206 e. The van der Waals surface area contributed by atoms with Crippen LogP contribution >= 0.6 is 22.9 Å². The zero-order valence-electron chi connectivity index (χ0n) is 8.00. The minimum atomic E-state index is -0.271. The van der Waals surface area contributed by atoms with E-state index in [0.717, 1.165) is 5.56 Å². The molecule has 0 amide bonds. The average molecular weight is 243 g/mol. The van der Waals surface area contributed by atoms with E-state index in [1.165, 1.54) is 17.4 Å². The Labute approximate surface area is 95.7 Å². The molecule has 0 saturated heterocycles. The van der Waals surface area contributed by atoms with E-state index < -0.39 is 0 Å². The third-order valence-corrected chi connectivity index (χ3v) is 3.30. The molecule has 1 aromatic heterocycles. The van der Waals surface area contributed by atoms with Crippen molar-refractivity contribution >= 4 is 22.9 Å². The number of aryl methyl sites for hydroxylation is 1. The van der Waals surface area contributed by atoms with Crippen molar-refractivity contribution in [1.29, 1.82) is 0 Å². The second-order valence-electron chi connectivity index (χ2n) is 3.12. The maximum atomic E-state index is 13.6. The van der Waals surface area contributed by atoms with Gasteiger partial charge < -0.3 is 0 Å². The van der Waals surface area contributed by atoms with E-state index in [9.17, 15) is 4.39 Å². The lowest BCUT2D eigenvalue weighted by Crippen LogP contribution is -1.84. The fraction of sp³-hybridized carbons (Fsp3) is 0.200. The van der Waals surface area contributed by atoms with Crippen molar-refractivity contribution in [3.63, 3.8) is 0 Å². The van der Waals surface area contributed by atoms with E-state index in [1.807, 2.05) is 13.0 Å². The summed E-state index contributed by atoms with van der Waals surface area (Å²) >= 11 is 6.92. The number of aromatic nitrogens is 2. The third-order valence-electron chi connectivity index (χ3n) is 1.94. The van der Waals surface area contributed by atoms with E-state index in [0.29, 0.717) is 21.5 Å². The first-order valence-corrected chi connectivity index (χ1v) is 5.70. The molecule has 0 bridgehead atoms. The molecule has 1 aromatic carbocycles. The number of rotatable bonds is 2. The highest BCUT2D eigenvalue weighted by Gasteiger charge is 2.10. The molecule has 0 aliphatic rings. The molecule has 0 spiro atoms. The third kappa shape index (κ3) is 2.16. The van der Waals surface area contributed by atoms with Crippen molar-refractivity contribution in [2.24, 2.45) is 0 Å². The van der Waals surface area contributed by atoms with Crippen LogP contribution in [0.3, 0.4) is 0 Å². The summed E-state index contributed by atoms with van der Waals surface area (Å²) in [6.45, 7) is 1.84. The number of alkyl halides is 1. The van der Waals surface area contributed by atoms with E-state index in [2.05, 4.69) is 10.2 Å². The topological polar surface area (TPSA) is 25.8 Å². The van der Waals surface area contributed by atoms with Crippen molar-refractivity contribution in [1.82, 2.24) is 10.2 Å². The molecule has 0 unspecified atom stereocenters. The Bertz CT molecular complexity index is 484. The maximum absolute atomic E-state index is 13.6. The van der Waals surface area contributed by atoms with E-state index >= 15 is 0 Å².